The average Bonchev–Trinajstić information content (AvgIpc) is 2.69. The Balaban J connectivity index is 1.53. The molecule has 0 radical (unpaired) electrons. The first-order valence-electron chi connectivity index (χ1n) is 9.71. The standard InChI is InChI=1S/C22H28N4O2/c1-17-7-3-4-8-18(17)22(28)23-12-11-21(27)24-19-9-5-6-10-20(19)26-15-13-25(2)14-16-26/h3-10H,11-16H2,1-2H3,(H,23,28)(H,24,27). The minimum atomic E-state index is -0.149. The monoisotopic (exact) mass is 380 g/mol. The predicted octanol–water partition coefficient (Wildman–Crippen LogP) is 2.51. The van der Waals surface area contributed by atoms with Crippen molar-refractivity contribution in [1.29, 1.82) is 0 Å². The molecule has 2 amide bonds. The normalized spacial score (nSPS) is 14.6. The van der Waals surface area contributed by atoms with Crippen molar-refractivity contribution in [2.24, 2.45) is 0 Å². The molecule has 1 fully saturated rings. The molecule has 3 rings (SSSR count). The second-order valence-corrected chi connectivity index (χ2v) is 7.18. The SMILES string of the molecule is Cc1ccccc1C(=O)NCCC(=O)Nc1ccccc1N1CCN(C)CC1. The first-order valence-corrected chi connectivity index (χ1v) is 9.71. The predicted molar refractivity (Wildman–Crippen MR) is 113 cm³/mol. The van der Waals surface area contributed by atoms with Crippen LogP contribution in [-0.4, -0.2) is 56.5 Å². The van der Waals surface area contributed by atoms with E-state index in [4.69, 9.17) is 0 Å². The molecule has 0 unspecified atom stereocenters. The summed E-state index contributed by atoms with van der Waals surface area (Å²) in [6.45, 7) is 6.10. The lowest BCUT2D eigenvalue weighted by molar-refractivity contribution is -0.116. The van der Waals surface area contributed by atoms with Crippen LogP contribution in [0.3, 0.4) is 0 Å². The van der Waals surface area contributed by atoms with Crippen LogP contribution in [0.5, 0.6) is 0 Å². The maximum absolute atomic E-state index is 12.4. The number of piperazine rings is 1. The fraction of sp³-hybridized carbons (Fsp3) is 0.364. The van der Waals surface area contributed by atoms with Crippen molar-refractivity contribution in [3.8, 4) is 0 Å². The van der Waals surface area contributed by atoms with Gasteiger partial charge in [-0.15, -0.1) is 0 Å². The van der Waals surface area contributed by atoms with Gasteiger partial charge in [0.15, 0.2) is 0 Å². The Bertz CT molecular complexity index is 829. The van der Waals surface area contributed by atoms with Crippen molar-refractivity contribution >= 4 is 23.2 Å². The number of benzene rings is 2. The molecule has 1 aliphatic rings. The minimum Gasteiger partial charge on any atom is -0.367 e. The van der Waals surface area contributed by atoms with Crippen LogP contribution in [0.2, 0.25) is 0 Å². The first kappa shape index (κ1) is 19.9. The molecule has 1 heterocycles. The van der Waals surface area contributed by atoms with Crippen molar-refractivity contribution < 1.29 is 9.59 Å². The molecule has 148 valence electrons. The summed E-state index contributed by atoms with van der Waals surface area (Å²) >= 11 is 0. The van der Waals surface area contributed by atoms with E-state index >= 15 is 0 Å². The maximum atomic E-state index is 12.4. The molecule has 0 atom stereocenters. The number of amides is 2. The number of para-hydroxylation sites is 2. The number of likely N-dealkylation sites (N-methyl/N-ethyl adjacent to an activating group) is 1. The number of hydrogen-bond donors (Lipinski definition) is 2. The van der Waals surface area contributed by atoms with Gasteiger partial charge in [0.05, 0.1) is 11.4 Å². The summed E-state index contributed by atoms with van der Waals surface area (Å²) in [5, 5.41) is 5.82. The van der Waals surface area contributed by atoms with Crippen LogP contribution in [0.15, 0.2) is 48.5 Å². The topological polar surface area (TPSA) is 64.7 Å². The van der Waals surface area contributed by atoms with Crippen LogP contribution >= 0.6 is 0 Å². The summed E-state index contributed by atoms with van der Waals surface area (Å²) in [6.07, 6.45) is 0.231. The van der Waals surface area contributed by atoms with Gasteiger partial charge >= 0.3 is 0 Å². The molecule has 6 heteroatoms. The summed E-state index contributed by atoms with van der Waals surface area (Å²) in [4.78, 5) is 29.2. The molecule has 0 bridgehead atoms. The van der Waals surface area contributed by atoms with Gasteiger partial charge in [-0.2, -0.15) is 0 Å². The van der Waals surface area contributed by atoms with Gasteiger partial charge in [0.1, 0.15) is 0 Å². The van der Waals surface area contributed by atoms with Crippen LogP contribution in [0, 0.1) is 6.92 Å². The van der Waals surface area contributed by atoms with Crippen LogP contribution in [0.25, 0.3) is 0 Å². The number of rotatable bonds is 6. The maximum Gasteiger partial charge on any atom is 0.251 e. The van der Waals surface area contributed by atoms with Gasteiger partial charge in [0.2, 0.25) is 5.91 Å². The van der Waals surface area contributed by atoms with Crippen LogP contribution in [0.4, 0.5) is 11.4 Å². The fourth-order valence-corrected chi connectivity index (χ4v) is 3.33. The smallest absolute Gasteiger partial charge is 0.251 e. The fourth-order valence-electron chi connectivity index (χ4n) is 3.33. The highest BCUT2D eigenvalue weighted by atomic mass is 16.2. The summed E-state index contributed by atoms with van der Waals surface area (Å²) in [5.41, 5.74) is 3.43. The van der Waals surface area contributed by atoms with E-state index in [0.29, 0.717) is 12.1 Å². The molecule has 0 aliphatic carbocycles. The molecule has 2 aromatic rings. The van der Waals surface area contributed by atoms with Crippen LogP contribution in [0.1, 0.15) is 22.3 Å². The number of nitrogens with one attached hydrogen (secondary N) is 2. The quantitative estimate of drug-likeness (QED) is 0.808. The van der Waals surface area contributed by atoms with Gasteiger partial charge in [0.25, 0.3) is 5.91 Å². The summed E-state index contributed by atoms with van der Waals surface area (Å²) in [5.74, 6) is -0.254. The van der Waals surface area contributed by atoms with Gasteiger partial charge < -0.3 is 20.4 Å². The lowest BCUT2D eigenvalue weighted by Crippen LogP contribution is -2.44. The molecule has 0 saturated carbocycles. The third-order valence-electron chi connectivity index (χ3n) is 5.05. The van der Waals surface area contributed by atoms with E-state index in [0.717, 1.165) is 43.1 Å². The molecular weight excluding hydrogens is 352 g/mol. The van der Waals surface area contributed by atoms with E-state index in [2.05, 4.69) is 27.5 Å². The number of carbonyl (C=O) groups excluding carboxylic acids is 2. The molecule has 6 nitrogen and oxygen atoms in total. The minimum absolute atomic E-state index is 0.105. The van der Waals surface area contributed by atoms with Crippen molar-refractivity contribution in [3.63, 3.8) is 0 Å². The Kier molecular flexibility index (Phi) is 6.66. The highest BCUT2D eigenvalue weighted by Crippen LogP contribution is 2.26. The second-order valence-electron chi connectivity index (χ2n) is 7.18. The van der Waals surface area contributed by atoms with Crippen molar-refractivity contribution in [1.82, 2.24) is 10.2 Å². The molecule has 1 saturated heterocycles. The number of aryl methyl sites for hydroxylation is 1. The number of hydrogen-bond acceptors (Lipinski definition) is 4. The third-order valence-corrected chi connectivity index (χ3v) is 5.05. The van der Waals surface area contributed by atoms with Gasteiger partial charge in [-0.05, 0) is 37.7 Å². The zero-order valence-corrected chi connectivity index (χ0v) is 16.6. The van der Waals surface area contributed by atoms with E-state index in [1.807, 2.05) is 49.4 Å². The zero-order chi connectivity index (χ0) is 19.9. The summed E-state index contributed by atoms with van der Waals surface area (Å²) in [6, 6.07) is 15.3. The second kappa shape index (κ2) is 9.37. The van der Waals surface area contributed by atoms with Gasteiger partial charge in [-0.1, -0.05) is 30.3 Å². The lowest BCUT2D eigenvalue weighted by atomic mass is 10.1. The Morgan fingerprint density at radius 1 is 0.964 bits per heavy atom. The summed E-state index contributed by atoms with van der Waals surface area (Å²) < 4.78 is 0. The molecular formula is C22H28N4O2. The summed E-state index contributed by atoms with van der Waals surface area (Å²) in [7, 11) is 2.12. The molecule has 28 heavy (non-hydrogen) atoms. The molecule has 2 N–H and O–H groups in total. The Labute approximate surface area is 166 Å². The highest BCUT2D eigenvalue weighted by Gasteiger charge is 2.17. The van der Waals surface area contributed by atoms with E-state index in [-0.39, 0.29) is 18.2 Å². The lowest BCUT2D eigenvalue weighted by Gasteiger charge is -2.35. The van der Waals surface area contributed by atoms with Crippen LogP contribution in [-0.2, 0) is 4.79 Å². The Morgan fingerprint density at radius 3 is 2.39 bits per heavy atom. The Hall–Kier alpha value is -2.86. The molecule has 0 spiro atoms. The van der Waals surface area contributed by atoms with Gasteiger partial charge in [-0.25, -0.2) is 0 Å². The largest absolute Gasteiger partial charge is 0.367 e. The molecule has 0 aromatic heterocycles. The van der Waals surface area contributed by atoms with E-state index in [9.17, 15) is 9.59 Å². The number of carbonyl (C=O) groups is 2. The van der Waals surface area contributed by atoms with Crippen LogP contribution < -0.4 is 15.5 Å². The van der Waals surface area contributed by atoms with Gasteiger partial charge in [0, 0.05) is 44.7 Å². The van der Waals surface area contributed by atoms with E-state index in [1.54, 1.807) is 6.07 Å². The van der Waals surface area contributed by atoms with Crippen molar-refractivity contribution in [2.75, 3.05) is 50.0 Å². The molecule has 2 aromatic carbocycles. The number of anilines is 2. The van der Waals surface area contributed by atoms with Crippen molar-refractivity contribution in [2.45, 2.75) is 13.3 Å². The highest BCUT2D eigenvalue weighted by molar-refractivity contribution is 5.97. The third kappa shape index (κ3) is 5.10. The van der Waals surface area contributed by atoms with E-state index in [1.165, 1.54) is 0 Å². The van der Waals surface area contributed by atoms with Crippen molar-refractivity contribution in [3.05, 3.63) is 59.7 Å². The first-order chi connectivity index (χ1) is 13.5. The molecule has 1 aliphatic heterocycles. The Morgan fingerprint density at radius 2 is 1.64 bits per heavy atom. The van der Waals surface area contributed by atoms with E-state index < -0.39 is 0 Å². The van der Waals surface area contributed by atoms with Gasteiger partial charge in [-0.3, -0.25) is 9.59 Å². The number of nitrogens with zero attached hydrogens (tertiary/aromatic N) is 2. The average molecular weight is 380 g/mol. The zero-order valence-electron chi connectivity index (χ0n) is 16.6.